The number of hydrogen-bond acceptors (Lipinski definition) is 6. The second-order valence-corrected chi connectivity index (χ2v) is 7.62. The highest BCUT2D eigenvalue weighted by Gasteiger charge is 2.10. The van der Waals surface area contributed by atoms with Crippen LogP contribution >= 0.6 is 0 Å². The fraction of sp³-hybridized carbons (Fsp3) is 0.125. The van der Waals surface area contributed by atoms with Crippen LogP contribution in [0.4, 0.5) is 16.0 Å². The summed E-state index contributed by atoms with van der Waals surface area (Å²) in [6.07, 6.45) is 3.33. The summed E-state index contributed by atoms with van der Waals surface area (Å²) < 4.78 is 17.9. The van der Waals surface area contributed by atoms with Crippen LogP contribution in [0.25, 0.3) is 28.2 Å². The van der Waals surface area contributed by atoms with Gasteiger partial charge in [0.1, 0.15) is 17.5 Å². The maximum absolute atomic E-state index is 14.4. The number of rotatable bonds is 5. The van der Waals surface area contributed by atoms with Crippen molar-refractivity contribution in [1.29, 1.82) is 0 Å². The molecular weight excluding hydrogens is 419 g/mol. The molecule has 1 N–H and O–H groups in total. The number of aromatic nitrogens is 7. The molecule has 0 atom stereocenters. The van der Waals surface area contributed by atoms with Crippen LogP contribution in [0.15, 0.2) is 67.0 Å². The summed E-state index contributed by atoms with van der Waals surface area (Å²) in [4.78, 5) is 13.2. The second kappa shape index (κ2) is 8.27. The molecular formula is C24H21FN8. The van der Waals surface area contributed by atoms with Gasteiger partial charge in [-0.1, -0.05) is 0 Å². The maximum atomic E-state index is 14.4. The Kier molecular flexibility index (Phi) is 5.14. The first-order chi connectivity index (χ1) is 16.0. The molecule has 0 bridgehead atoms. The lowest BCUT2D eigenvalue weighted by atomic mass is 10.1. The molecule has 0 fully saturated rings. The lowest BCUT2D eigenvalue weighted by Gasteiger charge is -2.10. The molecule has 0 amide bonds. The molecule has 33 heavy (non-hydrogen) atoms. The molecule has 0 saturated carbocycles. The van der Waals surface area contributed by atoms with Crippen molar-refractivity contribution in [3.05, 3.63) is 84.5 Å². The Hall–Kier alpha value is -4.40. The molecule has 5 aromatic rings. The minimum atomic E-state index is -0.342. The molecule has 0 saturated heterocycles. The van der Waals surface area contributed by atoms with Crippen molar-refractivity contribution in [2.75, 3.05) is 5.32 Å². The lowest BCUT2D eigenvalue weighted by molar-refractivity contribution is 0.628. The van der Waals surface area contributed by atoms with Gasteiger partial charge in [0, 0.05) is 36.3 Å². The molecule has 0 aliphatic carbocycles. The van der Waals surface area contributed by atoms with Gasteiger partial charge in [-0.25, -0.2) is 24.0 Å². The van der Waals surface area contributed by atoms with Crippen molar-refractivity contribution in [2.24, 2.45) is 7.05 Å². The molecule has 164 valence electrons. The average molecular weight is 440 g/mol. The van der Waals surface area contributed by atoms with Crippen molar-refractivity contribution >= 4 is 11.6 Å². The molecule has 0 spiro atoms. The first-order valence-corrected chi connectivity index (χ1v) is 10.4. The van der Waals surface area contributed by atoms with E-state index in [1.807, 2.05) is 57.3 Å². The van der Waals surface area contributed by atoms with Crippen LogP contribution in [0, 0.1) is 19.7 Å². The summed E-state index contributed by atoms with van der Waals surface area (Å²) in [5, 5.41) is 11.8. The second-order valence-electron chi connectivity index (χ2n) is 7.62. The topological polar surface area (TPSA) is 86.3 Å². The number of aryl methyl sites for hydroxylation is 3. The van der Waals surface area contributed by atoms with Crippen molar-refractivity contribution < 1.29 is 4.39 Å². The zero-order valence-corrected chi connectivity index (χ0v) is 18.4. The summed E-state index contributed by atoms with van der Waals surface area (Å²) in [5.74, 6) is 1.62. The standard InChI is InChI=1S/C24H21FN8/c1-15-28-16(2)33(31-15)21-6-4-20(5-7-21)29-24-26-10-8-22(30-24)17-12-18(14-19(25)13-17)23-9-11-27-32(23)3/h4-14H,1-3H3,(H,26,29,30). The van der Waals surface area contributed by atoms with E-state index in [2.05, 4.69) is 30.5 Å². The first kappa shape index (κ1) is 20.5. The number of benzene rings is 2. The Balaban J connectivity index is 1.41. The monoisotopic (exact) mass is 440 g/mol. The van der Waals surface area contributed by atoms with Crippen LogP contribution in [0.1, 0.15) is 11.6 Å². The van der Waals surface area contributed by atoms with E-state index in [1.165, 1.54) is 12.1 Å². The fourth-order valence-corrected chi connectivity index (χ4v) is 3.70. The highest BCUT2D eigenvalue weighted by molar-refractivity contribution is 5.70. The fourth-order valence-electron chi connectivity index (χ4n) is 3.70. The quantitative estimate of drug-likeness (QED) is 0.429. The third kappa shape index (κ3) is 4.20. The van der Waals surface area contributed by atoms with Gasteiger partial charge in [0.15, 0.2) is 0 Å². The molecule has 3 heterocycles. The summed E-state index contributed by atoms with van der Waals surface area (Å²) in [5.41, 5.74) is 4.55. The number of anilines is 2. The Morgan fingerprint density at radius 3 is 2.36 bits per heavy atom. The van der Waals surface area contributed by atoms with E-state index >= 15 is 0 Å². The maximum Gasteiger partial charge on any atom is 0.227 e. The largest absolute Gasteiger partial charge is 0.324 e. The van der Waals surface area contributed by atoms with E-state index in [9.17, 15) is 4.39 Å². The van der Waals surface area contributed by atoms with E-state index in [1.54, 1.807) is 27.8 Å². The molecule has 8 nitrogen and oxygen atoms in total. The highest BCUT2D eigenvalue weighted by Crippen LogP contribution is 2.27. The van der Waals surface area contributed by atoms with Gasteiger partial charge in [-0.2, -0.15) is 10.2 Å². The SMILES string of the molecule is Cc1nc(C)n(-c2ccc(Nc3nccc(-c4cc(F)cc(-c5ccnn5C)c4)n3)cc2)n1. The van der Waals surface area contributed by atoms with Gasteiger partial charge in [0.05, 0.1) is 17.1 Å². The molecule has 0 unspecified atom stereocenters. The first-order valence-electron chi connectivity index (χ1n) is 10.4. The number of nitrogens with one attached hydrogen (secondary N) is 1. The number of halogens is 1. The normalized spacial score (nSPS) is 11.0. The van der Waals surface area contributed by atoms with Crippen LogP contribution in [0.2, 0.25) is 0 Å². The van der Waals surface area contributed by atoms with Gasteiger partial charge in [-0.05, 0) is 68.4 Å². The lowest BCUT2D eigenvalue weighted by Crippen LogP contribution is -2.01. The van der Waals surface area contributed by atoms with Gasteiger partial charge < -0.3 is 5.32 Å². The zero-order chi connectivity index (χ0) is 22.9. The van der Waals surface area contributed by atoms with E-state index < -0.39 is 0 Å². The third-order valence-electron chi connectivity index (χ3n) is 5.21. The van der Waals surface area contributed by atoms with E-state index in [4.69, 9.17) is 0 Å². The molecule has 9 heteroatoms. The molecule has 0 aliphatic heterocycles. The summed E-state index contributed by atoms with van der Waals surface area (Å²) in [6.45, 7) is 3.78. The number of nitrogens with zero attached hydrogens (tertiary/aromatic N) is 7. The molecule has 0 aliphatic rings. The highest BCUT2D eigenvalue weighted by atomic mass is 19.1. The molecule has 5 rings (SSSR count). The third-order valence-corrected chi connectivity index (χ3v) is 5.21. The van der Waals surface area contributed by atoms with Gasteiger partial charge in [0.25, 0.3) is 0 Å². The van der Waals surface area contributed by atoms with Gasteiger partial charge in [-0.3, -0.25) is 4.68 Å². The average Bonchev–Trinajstić information content (AvgIpc) is 3.38. The summed E-state index contributed by atoms with van der Waals surface area (Å²) in [6, 6.07) is 16.2. The van der Waals surface area contributed by atoms with Crippen LogP contribution in [-0.4, -0.2) is 34.5 Å². The molecule has 0 radical (unpaired) electrons. The Morgan fingerprint density at radius 2 is 1.67 bits per heavy atom. The minimum absolute atomic E-state index is 0.342. The Labute approximate surface area is 189 Å². The van der Waals surface area contributed by atoms with Crippen LogP contribution in [0.5, 0.6) is 0 Å². The van der Waals surface area contributed by atoms with Gasteiger partial charge in [0.2, 0.25) is 5.95 Å². The van der Waals surface area contributed by atoms with Crippen LogP contribution in [0.3, 0.4) is 0 Å². The molecule has 2 aromatic carbocycles. The predicted octanol–water partition coefficient (Wildman–Crippen LogP) is 4.62. The minimum Gasteiger partial charge on any atom is -0.324 e. The van der Waals surface area contributed by atoms with E-state index in [-0.39, 0.29) is 5.82 Å². The van der Waals surface area contributed by atoms with Crippen molar-refractivity contribution in [1.82, 2.24) is 34.5 Å². The zero-order valence-electron chi connectivity index (χ0n) is 18.4. The summed E-state index contributed by atoms with van der Waals surface area (Å²) in [7, 11) is 1.82. The smallest absolute Gasteiger partial charge is 0.227 e. The van der Waals surface area contributed by atoms with Crippen molar-refractivity contribution in [3.8, 4) is 28.2 Å². The van der Waals surface area contributed by atoms with Gasteiger partial charge in [-0.15, -0.1) is 0 Å². The van der Waals surface area contributed by atoms with E-state index in [0.717, 1.165) is 34.3 Å². The number of hydrogen-bond donors (Lipinski definition) is 1. The molecule has 3 aromatic heterocycles. The summed E-state index contributed by atoms with van der Waals surface area (Å²) >= 11 is 0. The Bertz CT molecular complexity index is 1440. The van der Waals surface area contributed by atoms with E-state index in [0.29, 0.717) is 17.2 Å². The van der Waals surface area contributed by atoms with Gasteiger partial charge >= 0.3 is 0 Å². The van der Waals surface area contributed by atoms with Crippen molar-refractivity contribution in [2.45, 2.75) is 13.8 Å². The Morgan fingerprint density at radius 1 is 0.879 bits per heavy atom. The van der Waals surface area contributed by atoms with Crippen LogP contribution in [-0.2, 0) is 7.05 Å². The van der Waals surface area contributed by atoms with Crippen molar-refractivity contribution in [3.63, 3.8) is 0 Å². The predicted molar refractivity (Wildman–Crippen MR) is 124 cm³/mol. The van der Waals surface area contributed by atoms with Crippen LogP contribution < -0.4 is 5.32 Å².